The van der Waals surface area contributed by atoms with Crippen molar-refractivity contribution in [1.29, 1.82) is 0 Å². The van der Waals surface area contributed by atoms with Crippen LogP contribution in [-0.4, -0.2) is 15.5 Å². The van der Waals surface area contributed by atoms with Crippen LogP contribution < -0.4 is 5.32 Å². The maximum absolute atomic E-state index is 12.6. The number of aryl methyl sites for hydroxylation is 2. The second-order valence-electron chi connectivity index (χ2n) is 6.02. The average Bonchev–Trinajstić information content (AvgIpc) is 2.84. The third kappa shape index (κ3) is 3.38. The van der Waals surface area contributed by atoms with Crippen molar-refractivity contribution in [3.63, 3.8) is 0 Å². The number of nitrogens with one attached hydrogen (secondary N) is 1. The van der Waals surface area contributed by atoms with Crippen molar-refractivity contribution in [1.82, 2.24) is 9.55 Å². The van der Waals surface area contributed by atoms with Crippen molar-refractivity contribution in [2.45, 2.75) is 27.3 Å². The van der Waals surface area contributed by atoms with Gasteiger partial charge in [0.05, 0.1) is 17.8 Å². The van der Waals surface area contributed by atoms with Crippen molar-refractivity contribution in [2.75, 3.05) is 5.32 Å². The Hall–Kier alpha value is -2.88. The summed E-state index contributed by atoms with van der Waals surface area (Å²) in [5.74, 6) is -0.0824. The average molecular weight is 319 g/mol. The first kappa shape index (κ1) is 16.0. The molecule has 3 aromatic rings. The molecule has 1 aromatic carbocycles. The van der Waals surface area contributed by atoms with E-state index in [9.17, 15) is 4.79 Å². The van der Waals surface area contributed by atoms with Crippen molar-refractivity contribution >= 4 is 11.6 Å². The smallest absolute Gasteiger partial charge is 0.257 e. The summed E-state index contributed by atoms with van der Waals surface area (Å²) >= 11 is 0. The summed E-state index contributed by atoms with van der Waals surface area (Å²) in [5.41, 5.74) is 5.61. The number of aromatic nitrogens is 2. The fourth-order valence-corrected chi connectivity index (χ4v) is 2.85. The minimum Gasteiger partial charge on any atom is -0.342 e. The van der Waals surface area contributed by atoms with E-state index < -0.39 is 0 Å². The van der Waals surface area contributed by atoms with Crippen LogP contribution in [0.5, 0.6) is 0 Å². The highest BCUT2D eigenvalue weighted by Gasteiger charge is 2.16. The summed E-state index contributed by atoms with van der Waals surface area (Å²) < 4.78 is 2.12. The van der Waals surface area contributed by atoms with Crippen LogP contribution in [0.15, 0.2) is 54.7 Å². The highest BCUT2D eigenvalue weighted by atomic mass is 16.1. The molecule has 24 heavy (non-hydrogen) atoms. The summed E-state index contributed by atoms with van der Waals surface area (Å²) in [6.07, 6.45) is 1.79. The number of carbonyl (C=O) groups is 1. The zero-order chi connectivity index (χ0) is 17.1. The molecule has 0 saturated carbocycles. The summed E-state index contributed by atoms with van der Waals surface area (Å²) in [5, 5.41) is 2.98. The highest BCUT2D eigenvalue weighted by Crippen LogP contribution is 2.19. The zero-order valence-corrected chi connectivity index (χ0v) is 14.2. The predicted octanol–water partition coefficient (Wildman–Crippen LogP) is 4.11. The van der Waals surface area contributed by atoms with Crippen LogP contribution in [0.1, 0.15) is 33.0 Å². The van der Waals surface area contributed by atoms with E-state index in [1.807, 2.05) is 69.3 Å². The first-order valence-corrected chi connectivity index (χ1v) is 7.99. The van der Waals surface area contributed by atoms with Gasteiger partial charge in [0.15, 0.2) is 0 Å². The molecule has 3 rings (SSSR count). The minimum atomic E-state index is -0.0824. The van der Waals surface area contributed by atoms with Crippen molar-refractivity contribution in [2.24, 2.45) is 0 Å². The molecule has 0 saturated heterocycles. The molecule has 0 aliphatic rings. The van der Waals surface area contributed by atoms with E-state index in [1.165, 1.54) is 0 Å². The zero-order valence-electron chi connectivity index (χ0n) is 14.2. The Kier molecular flexibility index (Phi) is 4.47. The molecule has 0 aliphatic heterocycles. The number of anilines is 1. The van der Waals surface area contributed by atoms with Crippen LogP contribution in [0.25, 0.3) is 0 Å². The van der Waals surface area contributed by atoms with E-state index in [4.69, 9.17) is 0 Å². The molecule has 0 atom stereocenters. The van der Waals surface area contributed by atoms with Gasteiger partial charge in [0.25, 0.3) is 5.91 Å². The number of carbonyl (C=O) groups excluding carboxylic acids is 1. The standard InChI is InChI=1S/C20H21N3O/c1-14-7-6-9-17(11-14)22-20(24)19-12-15(2)23(16(19)3)13-18-8-4-5-10-21-18/h4-12H,13H2,1-3H3,(H,22,24). The lowest BCUT2D eigenvalue weighted by Crippen LogP contribution is -2.13. The Morgan fingerprint density at radius 1 is 1.08 bits per heavy atom. The molecule has 0 fully saturated rings. The second kappa shape index (κ2) is 6.71. The van der Waals surface area contributed by atoms with Gasteiger partial charge in [0, 0.05) is 23.3 Å². The van der Waals surface area contributed by atoms with Gasteiger partial charge in [-0.1, -0.05) is 18.2 Å². The van der Waals surface area contributed by atoms with Crippen LogP contribution >= 0.6 is 0 Å². The maximum Gasteiger partial charge on any atom is 0.257 e. The normalized spacial score (nSPS) is 10.6. The molecular weight excluding hydrogens is 298 g/mol. The molecule has 122 valence electrons. The van der Waals surface area contributed by atoms with Crippen LogP contribution in [0.4, 0.5) is 5.69 Å². The van der Waals surface area contributed by atoms with Crippen molar-refractivity contribution < 1.29 is 4.79 Å². The lowest BCUT2D eigenvalue weighted by atomic mass is 10.2. The maximum atomic E-state index is 12.6. The van der Waals surface area contributed by atoms with Gasteiger partial charge in [-0.05, 0) is 56.7 Å². The number of nitrogens with zero attached hydrogens (tertiary/aromatic N) is 2. The van der Waals surface area contributed by atoms with Gasteiger partial charge in [-0.3, -0.25) is 9.78 Å². The molecule has 1 N–H and O–H groups in total. The van der Waals surface area contributed by atoms with Gasteiger partial charge < -0.3 is 9.88 Å². The SMILES string of the molecule is Cc1cccc(NC(=O)c2cc(C)n(Cc3ccccn3)c2C)c1. The quantitative estimate of drug-likeness (QED) is 0.786. The van der Waals surface area contributed by atoms with Gasteiger partial charge in [-0.2, -0.15) is 0 Å². The lowest BCUT2D eigenvalue weighted by molar-refractivity contribution is 0.102. The molecular formula is C20H21N3O. The van der Waals surface area contributed by atoms with E-state index in [0.29, 0.717) is 12.1 Å². The Morgan fingerprint density at radius 3 is 2.62 bits per heavy atom. The van der Waals surface area contributed by atoms with Crippen molar-refractivity contribution in [3.05, 3.63) is 82.9 Å². The number of hydrogen-bond acceptors (Lipinski definition) is 2. The molecule has 0 unspecified atom stereocenters. The molecule has 0 radical (unpaired) electrons. The van der Waals surface area contributed by atoms with Gasteiger partial charge >= 0.3 is 0 Å². The lowest BCUT2D eigenvalue weighted by Gasteiger charge is -2.10. The third-order valence-electron chi connectivity index (χ3n) is 4.14. The topological polar surface area (TPSA) is 46.9 Å². The van der Waals surface area contributed by atoms with E-state index >= 15 is 0 Å². The summed E-state index contributed by atoms with van der Waals surface area (Å²) in [6, 6.07) is 15.6. The number of amides is 1. The Morgan fingerprint density at radius 2 is 1.92 bits per heavy atom. The molecule has 0 bridgehead atoms. The fraction of sp³-hybridized carbons (Fsp3) is 0.200. The monoisotopic (exact) mass is 319 g/mol. The minimum absolute atomic E-state index is 0.0824. The first-order chi connectivity index (χ1) is 11.5. The van der Waals surface area contributed by atoms with E-state index in [2.05, 4.69) is 14.9 Å². The molecule has 0 spiro atoms. The Balaban J connectivity index is 1.84. The number of benzene rings is 1. The van der Waals surface area contributed by atoms with Crippen LogP contribution in [0.2, 0.25) is 0 Å². The van der Waals surface area contributed by atoms with Crippen LogP contribution in [0.3, 0.4) is 0 Å². The molecule has 0 aliphatic carbocycles. The van der Waals surface area contributed by atoms with Crippen LogP contribution in [0, 0.1) is 20.8 Å². The van der Waals surface area contributed by atoms with E-state index in [0.717, 1.165) is 28.3 Å². The van der Waals surface area contributed by atoms with Gasteiger partial charge in [0.2, 0.25) is 0 Å². The highest BCUT2D eigenvalue weighted by molar-refractivity contribution is 6.05. The summed E-state index contributed by atoms with van der Waals surface area (Å²) in [7, 11) is 0. The van der Waals surface area contributed by atoms with E-state index in [1.54, 1.807) is 6.20 Å². The predicted molar refractivity (Wildman–Crippen MR) is 96.4 cm³/mol. The van der Waals surface area contributed by atoms with Gasteiger partial charge in [-0.25, -0.2) is 0 Å². The molecule has 2 aromatic heterocycles. The van der Waals surface area contributed by atoms with Crippen molar-refractivity contribution in [3.8, 4) is 0 Å². The fourth-order valence-electron chi connectivity index (χ4n) is 2.85. The number of rotatable bonds is 4. The molecule has 4 nitrogen and oxygen atoms in total. The largest absolute Gasteiger partial charge is 0.342 e. The Bertz CT molecular complexity index is 866. The van der Waals surface area contributed by atoms with E-state index in [-0.39, 0.29) is 5.91 Å². The number of hydrogen-bond donors (Lipinski definition) is 1. The Labute approximate surface area is 142 Å². The first-order valence-electron chi connectivity index (χ1n) is 7.99. The molecule has 2 heterocycles. The molecule has 4 heteroatoms. The van der Waals surface area contributed by atoms with Crippen LogP contribution in [-0.2, 0) is 6.54 Å². The van der Waals surface area contributed by atoms with Gasteiger partial charge in [-0.15, -0.1) is 0 Å². The third-order valence-corrected chi connectivity index (χ3v) is 4.14. The second-order valence-corrected chi connectivity index (χ2v) is 6.02. The molecule has 1 amide bonds. The summed E-state index contributed by atoms with van der Waals surface area (Å²) in [4.78, 5) is 17.0. The summed E-state index contributed by atoms with van der Waals surface area (Å²) in [6.45, 7) is 6.66. The van der Waals surface area contributed by atoms with Gasteiger partial charge in [0.1, 0.15) is 0 Å². The number of pyridine rings is 1.